The number of anilines is 1. The van der Waals surface area contributed by atoms with Gasteiger partial charge in [0.15, 0.2) is 17.7 Å². The normalized spacial score (nSPS) is 21.6. The molecule has 0 aliphatic carbocycles. The number of nitrogens with zero attached hydrogens (tertiary/aromatic N) is 4. The van der Waals surface area contributed by atoms with Gasteiger partial charge in [-0.05, 0) is 6.92 Å². The summed E-state index contributed by atoms with van der Waals surface area (Å²) >= 11 is 3.95. The third-order valence-corrected chi connectivity index (χ3v) is 10.2. The first kappa shape index (κ1) is 47.5. The summed E-state index contributed by atoms with van der Waals surface area (Å²) in [5.74, 6) is -1.15. The summed E-state index contributed by atoms with van der Waals surface area (Å²) in [6.07, 6.45) is -6.74. The predicted octanol–water partition coefficient (Wildman–Crippen LogP) is -1.10. The van der Waals surface area contributed by atoms with Crippen molar-refractivity contribution in [2.45, 2.75) is 64.8 Å². The number of thiol groups is 1. The molecule has 1 aliphatic rings. The van der Waals surface area contributed by atoms with E-state index in [0.29, 0.717) is 18.9 Å². The van der Waals surface area contributed by atoms with Gasteiger partial charge in [0.1, 0.15) is 36.3 Å². The summed E-state index contributed by atoms with van der Waals surface area (Å²) < 4.78 is 66.1. The second-order valence-corrected chi connectivity index (χ2v) is 16.4. The van der Waals surface area contributed by atoms with Crippen LogP contribution >= 0.6 is 36.1 Å². The molecular weight excluding hydrogens is 811 g/mol. The van der Waals surface area contributed by atoms with Crippen LogP contribution in [0.3, 0.4) is 0 Å². The minimum atomic E-state index is -5.54. The quantitative estimate of drug-likeness (QED) is 0.0455. The second-order valence-electron chi connectivity index (χ2n) is 11.7. The maximum atomic E-state index is 12.6. The second kappa shape index (κ2) is 20.5. The number of aliphatic hydroxyl groups is 2. The smallest absolute Gasteiger partial charge is 0.466 e. The van der Waals surface area contributed by atoms with Crippen molar-refractivity contribution in [1.82, 2.24) is 30.2 Å². The maximum Gasteiger partial charge on any atom is 0.481 e. The molecule has 54 heavy (non-hydrogen) atoms. The van der Waals surface area contributed by atoms with E-state index in [1.165, 1.54) is 20.8 Å². The number of carbonyl (C=O) groups is 3. The summed E-state index contributed by atoms with van der Waals surface area (Å²) in [7, 11) is -16.3. The number of fused-ring (bicyclic) bond motifs is 1. The van der Waals surface area contributed by atoms with Crippen LogP contribution in [0.5, 0.6) is 0 Å². The first-order chi connectivity index (χ1) is 24.9. The molecule has 1 saturated heterocycles. The molecule has 0 spiro atoms. The van der Waals surface area contributed by atoms with Crippen LogP contribution in [0.25, 0.3) is 11.2 Å². The molecule has 2 amide bonds. The topological polar surface area (TPSA) is 373 Å². The van der Waals surface area contributed by atoms with Crippen molar-refractivity contribution in [1.29, 1.82) is 0 Å². The number of aromatic nitrogens is 4. The largest absolute Gasteiger partial charge is 0.481 e. The Labute approximate surface area is 313 Å². The van der Waals surface area contributed by atoms with Gasteiger partial charge in [-0.2, -0.15) is 16.9 Å². The first-order valence-electron chi connectivity index (χ1n) is 15.6. The molecule has 29 heteroatoms. The minimum Gasteiger partial charge on any atom is -0.466 e. The van der Waals surface area contributed by atoms with Crippen molar-refractivity contribution in [3.05, 3.63) is 12.7 Å². The van der Waals surface area contributed by atoms with Crippen molar-refractivity contribution >= 4 is 70.9 Å². The Bertz CT molecular complexity index is 1730. The number of phosphoric acid groups is 3. The van der Waals surface area contributed by atoms with Gasteiger partial charge >= 0.3 is 29.4 Å². The molecule has 0 saturated carbocycles. The van der Waals surface area contributed by atoms with Gasteiger partial charge in [-0.1, -0.05) is 13.8 Å². The fourth-order valence-electron chi connectivity index (χ4n) is 4.34. The SMILES string of the molecule is CC(C)(COP(=O)(O)OP(=O)(O)OC[C@H]1O[C@@H](n2cnc3c(N)ncnc32)[C@H](O)[C@@H]1OP(=O)(O)O)[C@@H](O)C(=O)NCCC(=O)NCCS.CCOC(C)=O. The third-order valence-electron chi connectivity index (χ3n) is 6.86. The van der Waals surface area contributed by atoms with E-state index in [2.05, 4.69) is 51.8 Å². The van der Waals surface area contributed by atoms with Gasteiger partial charge in [-0.25, -0.2) is 28.6 Å². The van der Waals surface area contributed by atoms with Crippen molar-refractivity contribution in [2.75, 3.05) is 44.4 Å². The molecule has 2 aromatic rings. The number of nitrogen functional groups attached to an aromatic ring is 1. The fraction of sp³-hybridized carbons (Fsp3) is 0.680. The zero-order valence-corrected chi connectivity index (χ0v) is 32.8. The number of hydrogen-bond acceptors (Lipinski definition) is 19. The lowest BCUT2D eigenvalue weighted by molar-refractivity contribution is -0.140. The van der Waals surface area contributed by atoms with Gasteiger partial charge in [0.2, 0.25) is 11.8 Å². The van der Waals surface area contributed by atoms with Crippen molar-refractivity contribution in [3.8, 4) is 0 Å². The molecule has 0 bridgehead atoms. The number of aliphatic hydroxyl groups excluding tert-OH is 2. The monoisotopic (exact) mass is 855 g/mol. The average molecular weight is 856 g/mol. The highest BCUT2D eigenvalue weighted by Crippen LogP contribution is 2.61. The first-order valence-corrected chi connectivity index (χ1v) is 20.7. The average Bonchev–Trinajstić information content (AvgIpc) is 3.62. The lowest BCUT2D eigenvalue weighted by Gasteiger charge is -2.30. The summed E-state index contributed by atoms with van der Waals surface area (Å²) in [5, 5.41) is 26.1. The zero-order valence-electron chi connectivity index (χ0n) is 29.2. The Kier molecular flexibility index (Phi) is 18.0. The molecule has 3 rings (SSSR count). The van der Waals surface area contributed by atoms with E-state index in [9.17, 15) is 57.9 Å². The van der Waals surface area contributed by atoms with Crippen LogP contribution in [-0.2, 0) is 55.4 Å². The molecule has 308 valence electrons. The van der Waals surface area contributed by atoms with Crippen LogP contribution in [0.4, 0.5) is 5.82 Å². The fourth-order valence-corrected chi connectivity index (χ4v) is 7.28. The van der Waals surface area contributed by atoms with Crippen LogP contribution in [0.1, 0.15) is 40.3 Å². The van der Waals surface area contributed by atoms with E-state index in [4.69, 9.17) is 19.5 Å². The highest BCUT2D eigenvalue weighted by molar-refractivity contribution is 7.80. The van der Waals surface area contributed by atoms with E-state index in [0.717, 1.165) is 17.2 Å². The molecule has 0 radical (unpaired) electrons. The highest BCUT2D eigenvalue weighted by atomic mass is 32.1. The maximum absolute atomic E-state index is 12.6. The number of phosphoric ester groups is 3. The highest BCUT2D eigenvalue weighted by Gasteiger charge is 2.50. The summed E-state index contributed by atoms with van der Waals surface area (Å²) in [6, 6.07) is 0. The number of rotatable bonds is 19. The summed E-state index contributed by atoms with van der Waals surface area (Å²) in [4.78, 5) is 84.4. The van der Waals surface area contributed by atoms with Crippen LogP contribution in [0.15, 0.2) is 12.7 Å². The zero-order chi connectivity index (χ0) is 41.1. The van der Waals surface area contributed by atoms with E-state index in [1.54, 1.807) is 6.92 Å². The number of imidazole rings is 1. The molecule has 2 unspecified atom stereocenters. The molecule has 1 fully saturated rings. The molecule has 2 aromatic heterocycles. The van der Waals surface area contributed by atoms with Crippen LogP contribution in [-0.4, -0.2) is 130 Å². The Morgan fingerprint density at radius 2 is 1.72 bits per heavy atom. The van der Waals surface area contributed by atoms with Gasteiger partial charge in [-0.3, -0.25) is 32.5 Å². The minimum absolute atomic E-state index is 0.0363. The molecule has 7 atom stereocenters. The summed E-state index contributed by atoms with van der Waals surface area (Å²) in [5.41, 5.74) is 4.30. The molecule has 1 aliphatic heterocycles. The standard InChI is InChI=1S/C21H36N7O16P3S.C4H8O2/c1-21(2,16(31)19(32)24-4-3-12(29)23-5-6-48)8-41-47(38,39)44-46(36,37)40-7-11-15(43-45(33,34)35)14(30)20(42-11)28-10-27-13-17(22)25-9-26-18(13)28;1-3-6-4(2)5/h9-11,14-16,20,30-31,48H,3-8H2,1-2H3,(H,23,29)(H,24,32)(H,36,37)(H,38,39)(H2,22,25,26)(H2,33,34,35);3H2,1-2H3/t11-,14-,15-,16+,20-;/m1./s1. The van der Waals surface area contributed by atoms with Gasteiger partial charge in [0.05, 0.1) is 26.1 Å². The Morgan fingerprint density at radius 3 is 2.30 bits per heavy atom. The lowest BCUT2D eigenvalue weighted by atomic mass is 9.87. The summed E-state index contributed by atoms with van der Waals surface area (Å²) in [6.45, 7) is 4.38. The number of ether oxygens (including phenoxy) is 2. The van der Waals surface area contributed by atoms with E-state index in [-0.39, 0.29) is 41.8 Å². The Hall–Kier alpha value is -2.64. The molecule has 0 aromatic carbocycles. The third kappa shape index (κ3) is 15.1. The number of nitrogens with one attached hydrogen (secondary N) is 2. The number of hydrogen-bond donors (Lipinski definition) is 10. The van der Waals surface area contributed by atoms with Crippen LogP contribution < -0.4 is 16.4 Å². The van der Waals surface area contributed by atoms with Crippen molar-refractivity contribution in [3.63, 3.8) is 0 Å². The van der Waals surface area contributed by atoms with Gasteiger partial charge < -0.3 is 55.6 Å². The van der Waals surface area contributed by atoms with E-state index >= 15 is 0 Å². The molecule has 10 N–H and O–H groups in total. The van der Waals surface area contributed by atoms with Gasteiger partial charge in [0, 0.05) is 37.6 Å². The van der Waals surface area contributed by atoms with Crippen LogP contribution in [0, 0.1) is 5.41 Å². The van der Waals surface area contributed by atoms with Gasteiger partial charge in [0.25, 0.3) is 0 Å². The Balaban J connectivity index is 0.00000155. The van der Waals surface area contributed by atoms with Crippen molar-refractivity contribution in [2.24, 2.45) is 5.41 Å². The lowest BCUT2D eigenvalue weighted by Crippen LogP contribution is -2.46. The van der Waals surface area contributed by atoms with E-state index < -0.39 is 78.6 Å². The molecular formula is C25H44N7O18P3S. The number of amides is 2. The number of nitrogens with two attached hydrogens (primary N) is 1. The van der Waals surface area contributed by atoms with E-state index in [1.807, 2.05) is 0 Å². The number of carbonyl (C=O) groups excluding carboxylic acids is 3. The molecule has 3 heterocycles. The molecule has 25 nitrogen and oxygen atoms in total. The van der Waals surface area contributed by atoms with Crippen LogP contribution in [0.2, 0.25) is 0 Å². The Morgan fingerprint density at radius 1 is 1.07 bits per heavy atom. The number of esters is 1. The predicted molar refractivity (Wildman–Crippen MR) is 186 cm³/mol. The van der Waals surface area contributed by atoms with Gasteiger partial charge in [-0.15, -0.1) is 0 Å². The van der Waals surface area contributed by atoms with Crippen molar-refractivity contribution < 1.29 is 85.2 Å².